The molecule has 1 aliphatic rings. The van der Waals surface area contributed by atoms with Crippen LogP contribution in [0.2, 0.25) is 0 Å². The van der Waals surface area contributed by atoms with Gasteiger partial charge in [0.05, 0.1) is 0 Å². The second kappa shape index (κ2) is 7.66. The number of carbonyl (C=O) groups is 2. The average molecular weight is 345 g/mol. The van der Waals surface area contributed by atoms with E-state index in [1.165, 1.54) is 6.08 Å². The summed E-state index contributed by atoms with van der Waals surface area (Å²) in [5, 5.41) is 14.9. The van der Waals surface area contributed by atoms with Crippen LogP contribution in [-0.2, 0) is 4.79 Å². The maximum Gasteiger partial charge on any atom is 0.262 e. The first-order valence-electron chi connectivity index (χ1n) is 8.46. The molecular formula is C21H19N3O2. The van der Waals surface area contributed by atoms with E-state index in [1.54, 1.807) is 36.4 Å². The van der Waals surface area contributed by atoms with Crippen molar-refractivity contribution >= 4 is 23.6 Å². The summed E-state index contributed by atoms with van der Waals surface area (Å²) in [7, 11) is 0. The Morgan fingerprint density at radius 3 is 2.54 bits per heavy atom. The number of carbonyl (C=O) groups excluding carboxylic acids is 2. The monoisotopic (exact) mass is 345 g/mol. The summed E-state index contributed by atoms with van der Waals surface area (Å²) in [4.78, 5) is 24.3. The first kappa shape index (κ1) is 17.4. The Morgan fingerprint density at radius 1 is 1.15 bits per heavy atom. The van der Waals surface area contributed by atoms with Crippen LogP contribution in [0.25, 0.3) is 6.08 Å². The van der Waals surface area contributed by atoms with Crippen LogP contribution in [0.4, 0.5) is 5.69 Å². The van der Waals surface area contributed by atoms with Crippen LogP contribution in [0.1, 0.15) is 34.3 Å². The van der Waals surface area contributed by atoms with E-state index in [2.05, 4.69) is 10.6 Å². The highest BCUT2D eigenvalue weighted by atomic mass is 16.2. The van der Waals surface area contributed by atoms with Crippen molar-refractivity contribution < 1.29 is 9.59 Å². The zero-order valence-electron chi connectivity index (χ0n) is 14.5. The number of amides is 2. The Kier molecular flexibility index (Phi) is 5.14. The van der Waals surface area contributed by atoms with Gasteiger partial charge in [-0.15, -0.1) is 0 Å². The van der Waals surface area contributed by atoms with Crippen LogP contribution in [0.3, 0.4) is 0 Å². The number of aryl methyl sites for hydroxylation is 1. The van der Waals surface area contributed by atoms with E-state index in [0.29, 0.717) is 16.8 Å². The number of anilines is 1. The lowest BCUT2D eigenvalue weighted by molar-refractivity contribution is -0.117. The summed E-state index contributed by atoms with van der Waals surface area (Å²) < 4.78 is 0. The van der Waals surface area contributed by atoms with Crippen LogP contribution in [-0.4, -0.2) is 17.9 Å². The van der Waals surface area contributed by atoms with E-state index < -0.39 is 0 Å². The Labute approximate surface area is 152 Å². The zero-order chi connectivity index (χ0) is 18.5. The SMILES string of the molecule is Cc1ccc(C(=O)Nc2cccc(/C=C(\C#N)C(=O)NC3CC3)c2)cc1. The van der Waals surface area contributed by atoms with E-state index in [-0.39, 0.29) is 23.4 Å². The predicted molar refractivity (Wildman–Crippen MR) is 100 cm³/mol. The highest BCUT2D eigenvalue weighted by Gasteiger charge is 2.24. The van der Waals surface area contributed by atoms with Gasteiger partial charge >= 0.3 is 0 Å². The third kappa shape index (κ3) is 4.58. The number of nitrogens with zero attached hydrogens (tertiary/aromatic N) is 1. The molecule has 2 N–H and O–H groups in total. The molecule has 0 bridgehead atoms. The largest absolute Gasteiger partial charge is 0.349 e. The summed E-state index contributed by atoms with van der Waals surface area (Å²) in [5.41, 5.74) is 2.98. The standard InChI is InChI=1S/C21H19N3O2/c1-14-5-7-16(8-6-14)20(25)24-19-4-2-3-15(12-19)11-17(13-22)21(26)23-18-9-10-18/h2-8,11-12,18H,9-10H2,1H3,(H,23,26)(H,24,25)/b17-11+. The molecule has 2 aromatic rings. The summed E-state index contributed by atoms with van der Waals surface area (Å²) in [6, 6.07) is 16.5. The van der Waals surface area contributed by atoms with Crippen molar-refractivity contribution in [2.24, 2.45) is 0 Å². The minimum absolute atomic E-state index is 0.0545. The summed E-state index contributed by atoms with van der Waals surface area (Å²) >= 11 is 0. The molecule has 2 amide bonds. The van der Waals surface area contributed by atoms with E-state index >= 15 is 0 Å². The molecule has 0 atom stereocenters. The van der Waals surface area contributed by atoms with Gasteiger partial charge in [-0.2, -0.15) is 5.26 Å². The van der Waals surface area contributed by atoms with E-state index in [0.717, 1.165) is 18.4 Å². The number of hydrogen-bond donors (Lipinski definition) is 2. The summed E-state index contributed by atoms with van der Waals surface area (Å²) in [6.07, 6.45) is 3.45. The lowest BCUT2D eigenvalue weighted by Crippen LogP contribution is -2.26. The Bertz CT molecular complexity index is 904. The fourth-order valence-electron chi connectivity index (χ4n) is 2.42. The number of nitriles is 1. The molecule has 0 spiro atoms. The lowest BCUT2D eigenvalue weighted by atomic mass is 10.1. The molecule has 0 aromatic heterocycles. The van der Waals surface area contributed by atoms with Gasteiger partial charge in [-0.1, -0.05) is 29.8 Å². The average Bonchev–Trinajstić information content (AvgIpc) is 3.44. The third-order valence-electron chi connectivity index (χ3n) is 4.05. The van der Waals surface area contributed by atoms with Gasteiger partial charge in [0.15, 0.2) is 0 Å². The molecule has 0 heterocycles. The molecule has 1 saturated carbocycles. The topological polar surface area (TPSA) is 82.0 Å². The van der Waals surface area contributed by atoms with Crippen molar-refractivity contribution in [2.45, 2.75) is 25.8 Å². The maximum atomic E-state index is 12.3. The van der Waals surface area contributed by atoms with Crippen LogP contribution >= 0.6 is 0 Å². The predicted octanol–water partition coefficient (Wildman–Crippen LogP) is 3.43. The third-order valence-corrected chi connectivity index (χ3v) is 4.05. The molecule has 1 fully saturated rings. The Balaban J connectivity index is 1.73. The van der Waals surface area contributed by atoms with Crippen LogP contribution < -0.4 is 10.6 Å². The van der Waals surface area contributed by atoms with Crippen LogP contribution in [0.15, 0.2) is 54.1 Å². The molecule has 2 aromatic carbocycles. The fourth-order valence-corrected chi connectivity index (χ4v) is 2.42. The molecule has 0 aliphatic heterocycles. The van der Waals surface area contributed by atoms with Gasteiger partial charge in [0.25, 0.3) is 11.8 Å². The first-order chi connectivity index (χ1) is 12.5. The van der Waals surface area contributed by atoms with Gasteiger partial charge in [-0.05, 0) is 55.7 Å². The van der Waals surface area contributed by atoms with Gasteiger partial charge in [0.2, 0.25) is 0 Å². The van der Waals surface area contributed by atoms with Crippen molar-refractivity contribution in [3.63, 3.8) is 0 Å². The van der Waals surface area contributed by atoms with Gasteiger partial charge in [-0.25, -0.2) is 0 Å². The Hall–Kier alpha value is -3.39. The van der Waals surface area contributed by atoms with Crippen LogP contribution in [0.5, 0.6) is 0 Å². The summed E-state index contributed by atoms with van der Waals surface area (Å²) in [6.45, 7) is 1.96. The molecule has 0 unspecified atom stereocenters. The van der Waals surface area contributed by atoms with E-state index in [9.17, 15) is 14.9 Å². The van der Waals surface area contributed by atoms with E-state index in [4.69, 9.17) is 0 Å². The smallest absolute Gasteiger partial charge is 0.262 e. The maximum absolute atomic E-state index is 12.3. The zero-order valence-corrected chi connectivity index (χ0v) is 14.5. The summed E-state index contributed by atoms with van der Waals surface area (Å²) in [5.74, 6) is -0.567. The molecule has 5 nitrogen and oxygen atoms in total. The quantitative estimate of drug-likeness (QED) is 0.643. The Morgan fingerprint density at radius 2 is 1.88 bits per heavy atom. The molecule has 3 rings (SSSR count). The molecule has 5 heteroatoms. The minimum Gasteiger partial charge on any atom is -0.349 e. The highest BCUT2D eigenvalue weighted by Crippen LogP contribution is 2.20. The van der Waals surface area contributed by atoms with Crippen molar-refractivity contribution in [1.82, 2.24) is 5.32 Å². The van der Waals surface area contributed by atoms with Gasteiger partial charge < -0.3 is 10.6 Å². The van der Waals surface area contributed by atoms with Crippen molar-refractivity contribution in [1.29, 1.82) is 5.26 Å². The van der Waals surface area contributed by atoms with Crippen molar-refractivity contribution in [2.75, 3.05) is 5.32 Å². The molecule has 26 heavy (non-hydrogen) atoms. The number of hydrogen-bond acceptors (Lipinski definition) is 3. The number of benzene rings is 2. The van der Waals surface area contributed by atoms with Crippen LogP contribution in [0, 0.1) is 18.3 Å². The van der Waals surface area contributed by atoms with Gasteiger partial charge in [-0.3, -0.25) is 9.59 Å². The minimum atomic E-state index is -0.357. The second-order valence-corrected chi connectivity index (χ2v) is 6.36. The van der Waals surface area contributed by atoms with Gasteiger partial charge in [0, 0.05) is 17.3 Å². The second-order valence-electron chi connectivity index (χ2n) is 6.36. The molecule has 1 aliphatic carbocycles. The molecule has 0 radical (unpaired) electrons. The van der Waals surface area contributed by atoms with E-state index in [1.807, 2.05) is 25.1 Å². The highest BCUT2D eigenvalue weighted by molar-refractivity contribution is 6.05. The molecule has 0 saturated heterocycles. The number of nitrogens with one attached hydrogen (secondary N) is 2. The van der Waals surface area contributed by atoms with Crippen molar-refractivity contribution in [3.8, 4) is 6.07 Å². The van der Waals surface area contributed by atoms with Gasteiger partial charge in [0.1, 0.15) is 11.6 Å². The number of rotatable bonds is 5. The lowest BCUT2D eigenvalue weighted by Gasteiger charge is -2.07. The fraction of sp³-hybridized carbons (Fsp3) is 0.190. The molecular weight excluding hydrogens is 326 g/mol. The normalized spacial score (nSPS) is 13.6. The molecule has 130 valence electrons. The first-order valence-corrected chi connectivity index (χ1v) is 8.46. The van der Waals surface area contributed by atoms with Crippen molar-refractivity contribution in [3.05, 3.63) is 70.8 Å².